The summed E-state index contributed by atoms with van der Waals surface area (Å²) < 4.78 is 1.59. The predicted octanol–water partition coefficient (Wildman–Crippen LogP) is 2.88. The van der Waals surface area contributed by atoms with E-state index in [2.05, 4.69) is 26.0 Å². The van der Waals surface area contributed by atoms with Gasteiger partial charge in [-0.1, -0.05) is 51.4 Å². The summed E-state index contributed by atoms with van der Waals surface area (Å²) in [4.78, 5) is 18.5. The Morgan fingerprint density at radius 1 is 1.24 bits per heavy atom. The van der Waals surface area contributed by atoms with Gasteiger partial charge >= 0.3 is 5.52 Å². The summed E-state index contributed by atoms with van der Waals surface area (Å²) in [6, 6.07) is 15.5. The van der Waals surface area contributed by atoms with E-state index in [9.17, 15) is 4.91 Å². The molecule has 0 fully saturated rings. The van der Waals surface area contributed by atoms with Crippen LogP contribution in [0, 0.1) is 4.91 Å². The highest BCUT2D eigenvalue weighted by molar-refractivity contribution is 9.10. The van der Waals surface area contributed by atoms with Crippen LogP contribution in [0.3, 0.4) is 0 Å². The second kappa shape index (κ2) is 5.65. The van der Waals surface area contributed by atoms with Crippen molar-refractivity contribution in [2.75, 3.05) is 11.9 Å². The Kier molecular flexibility index (Phi) is 3.70. The van der Waals surface area contributed by atoms with Crippen LogP contribution in [0.25, 0.3) is 11.0 Å². The standard InChI is InChI=1S/C15H14BrN4O/c1-19(10-11-5-3-2-4-6-11)15-17-13-8-7-12(16)9-14(13)20(21)18-15/h2-9H,10H2,1H3,(H,17,18,21)/q+1. The van der Waals surface area contributed by atoms with E-state index in [0.717, 1.165) is 14.6 Å². The van der Waals surface area contributed by atoms with Crippen LogP contribution >= 0.6 is 15.9 Å². The van der Waals surface area contributed by atoms with E-state index in [4.69, 9.17) is 0 Å². The molecule has 0 amide bonds. The third-order valence-electron chi connectivity index (χ3n) is 3.21. The molecular formula is C15H14BrN4O+. The van der Waals surface area contributed by atoms with Crippen molar-refractivity contribution in [1.82, 2.24) is 10.1 Å². The molecule has 0 bridgehead atoms. The molecule has 106 valence electrons. The topological polar surface area (TPSA) is 54.9 Å². The second-order valence-corrected chi connectivity index (χ2v) is 5.73. The van der Waals surface area contributed by atoms with Crippen molar-refractivity contribution < 1.29 is 4.54 Å². The molecule has 0 saturated heterocycles. The molecule has 5 nitrogen and oxygen atoms in total. The van der Waals surface area contributed by atoms with E-state index in [1.165, 1.54) is 0 Å². The lowest BCUT2D eigenvalue weighted by atomic mass is 10.2. The molecule has 1 heterocycles. The molecule has 2 aromatic carbocycles. The maximum Gasteiger partial charge on any atom is 0.319 e. The molecule has 6 heteroatoms. The van der Waals surface area contributed by atoms with Gasteiger partial charge in [-0.3, -0.25) is 0 Å². The van der Waals surface area contributed by atoms with Crippen molar-refractivity contribution >= 4 is 32.9 Å². The number of nitrogens with zero attached hydrogens (tertiary/aromatic N) is 3. The van der Waals surface area contributed by atoms with Gasteiger partial charge in [-0.15, -0.1) is 0 Å². The van der Waals surface area contributed by atoms with Crippen LogP contribution in [0.1, 0.15) is 5.56 Å². The van der Waals surface area contributed by atoms with Crippen LogP contribution in [0.15, 0.2) is 53.0 Å². The minimum atomic E-state index is 0.501. The Balaban J connectivity index is 1.97. The number of rotatable bonds is 3. The first kappa shape index (κ1) is 13.8. The van der Waals surface area contributed by atoms with Crippen LogP contribution in [0.2, 0.25) is 0 Å². The van der Waals surface area contributed by atoms with E-state index in [0.29, 0.717) is 23.5 Å². The fourth-order valence-corrected chi connectivity index (χ4v) is 2.50. The maximum atomic E-state index is 12.1. The lowest BCUT2D eigenvalue weighted by Gasteiger charge is -2.15. The van der Waals surface area contributed by atoms with Crippen LogP contribution in [-0.4, -0.2) is 17.1 Å². The summed E-state index contributed by atoms with van der Waals surface area (Å²) in [6.45, 7) is 0.673. The maximum absolute atomic E-state index is 12.1. The van der Waals surface area contributed by atoms with Gasteiger partial charge in [0.1, 0.15) is 5.52 Å². The van der Waals surface area contributed by atoms with E-state index in [-0.39, 0.29) is 0 Å². The highest BCUT2D eigenvalue weighted by Crippen LogP contribution is 2.17. The predicted molar refractivity (Wildman–Crippen MR) is 85.7 cm³/mol. The molecule has 0 saturated carbocycles. The van der Waals surface area contributed by atoms with Gasteiger partial charge < -0.3 is 4.90 Å². The van der Waals surface area contributed by atoms with Crippen molar-refractivity contribution in [2.24, 2.45) is 0 Å². The second-order valence-electron chi connectivity index (χ2n) is 4.82. The van der Waals surface area contributed by atoms with Gasteiger partial charge in [0.15, 0.2) is 4.54 Å². The van der Waals surface area contributed by atoms with Gasteiger partial charge in [0.05, 0.1) is 4.91 Å². The quantitative estimate of drug-likeness (QED) is 0.742. The average Bonchev–Trinajstić information content (AvgIpc) is 2.49. The Morgan fingerprint density at radius 3 is 2.76 bits per heavy atom. The van der Waals surface area contributed by atoms with Crippen LogP contribution in [0.4, 0.5) is 5.95 Å². The lowest BCUT2D eigenvalue weighted by Crippen LogP contribution is -2.28. The largest absolute Gasteiger partial charge is 0.337 e. The summed E-state index contributed by atoms with van der Waals surface area (Å²) in [5, 5.41) is 2.75. The van der Waals surface area contributed by atoms with Crippen molar-refractivity contribution in [3.8, 4) is 0 Å². The molecule has 21 heavy (non-hydrogen) atoms. The molecule has 1 aromatic heterocycles. The molecule has 3 rings (SSSR count). The van der Waals surface area contributed by atoms with Gasteiger partial charge in [-0.25, -0.2) is 4.98 Å². The molecule has 0 aliphatic heterocycles. The highest BCUT2D eigenvalue weighted by atomic mass is 79.9. The first-order chi connectivity index (χ1) is 10.1. The molecule has 0 spiro atoms. The zero-order valence-corrected chi connectivity index (χ0v) is 13.0. The van der Waals surface area contributed by atoms with Gasteiger partial charge in [-0.2, -0.15) is 0 Å². The number of fused-ring (bicyclic) bond motifs is 1. The molecule has 0 radical (unpaired) electrons. The number of benzene rings is 2. The van der Waals surface area contributed by atoms with E-state index >= 15 is 0 Å². The van der Waals surface area contributed by atoms with Crippen LogP contribution in [0.5, 0.6) is 0 Å². The van der Waals surface area contributed by atoms with Gasteiger partial charge in [0.2, 0.25) is 0 Å². The number of aromatic amines is 1. The molecule has 0 aliphatic carbocycles. The van der Waals surface area contributed by atoms with Gasteiger partial charge in [-0.05, 0) is 17.7 Å². The summed E-state index contributed by atoms with van der Waals surface area (Å²) in [7, 11) is 1.90. The van der Waals surface area contributed by atoms with Crippen molar-refractivity contribution in [3.63, 3.8) is 0 Å². The number of anilines is 1. The third-order valence-corrected chi connectivity index (χ3v) is 3.70. The fourth-order valence-electron chi connectivity index (χ4n) is 2.15. The van der Waals surface area contributed by atoms with Crippen LogP contribution < -0.4 is 9.44 Å². The monoisotopic (exact) mass is 345 g/mol. The number of H-pyrrole nitrogens is 1. The first-order valence-electron chi connectivity index (χ1n) is 6.51. The summed E-state index contributed by atoms with van der Waals surface area (Å²) >= 11 is 3.35. The zero-order chi connectivity index (χ0) is 14.8. The number of halogens is 1. The van der Waals surface area contributed by atoms with Crippen molar-refractivity contribution in [1.29, 1.82) is 0 Å². The normalized spacial score (nSPS) is 10.8. The molecule has 0 unspecified atom stereocenters. The van der Waals surface area contributed by atoms with Crippen molar-refractivity contribution in [3.05, 3.63) is 63.5 Å². The number of aromatic nitrogens is 3. The Hall–Kier alpha value is -2.21. The summed E-state index contributed by atoms with van der Waals surface area (Å²) in [6.07, 6.45) is 0. The number of hydrogen-bond donors (Lipinski definition) is 1. The third kappa shape index (κ3) is 2.95. The van der Waals surface area contributed by atoms with Gasteiger partial charge in [0.25, 0.3) is 5.95 Å². The van der Waals surface area contributed by atoms with Crippen molar-refractivity contribution in [2.45, 2.75) is 6.54 Å². The van der Waals surface area contributed by atoms with Crippen LogP contribution in [-0.2, 0) is 6.54 Å². The average molecular weight is 346 g/mol. The first-order valence-corrected chi connectivity index (χ1v) is 7.30. The van der Waals surface area contributed by atoms with Gasteiger partial charge in [0, 0.05) is 24.1 Å². The molecule has 3 aromatic rings. The minimum absolute atomic E-state index is 0.501. The smallest absolute Gasteiger partial charge is 0.319 e. The van der Waals surface area contributed by atoms with E-state index in [1.807, 2.05) is 54.4 Å². The SMILES string of the molecule is CN(Cc1ccccc1)c1nc2ccc(Br)cc2[n+](=O)[nH]1. The Morgan fingerprint density at radius 2 is 2.00 bits per heavy atom. The summed E-state index contributed by atoms with van der Waals surface area (Å²) in [5.74, 6) is 0.531. The molecule has 0 atom stereocenters. The molecular weight excluding hydrogens is 332 g/mol. The highest BCUT2D eigenvalue weighted by Gasteiger charge is 2.14. The Labute approximate surface area is 130 Å². The molecule has 1 N–H and O–H groups in total. The van der Waals surface area contributed by atoms with E-state index < -0.39 is 0 Å². The zero-order valence-electron chi connectivity index (χ0n) is 11.5. The fraction of sp³-hybridized carbons (Fsp3) is 0.133. The minimum Gasteiger partial charge on any atom is -0.337 e. The molecule has 0 aliphatic rings. The Bertz CT molecular complexity index is 832. The lowest BCUT2D eigenvalue weighted by molar-refractivity contribution is -0.535. The number of nitrogens with one attached hydrogen (secondary N) is 1. The van der Waals surface area contributed by atoms with E-state index in [1.54, 1.807) is 6.07 Å². The summed E-state index contributed by atoms with van der Waals surface area (Å²) in [5.41, 5.74) is 2.31. The number of hydrogen-bond acceptors (Lipinski definition) is 3.